The van der Waals surface area contributed by atoms with E-state index >= 15 is 0 Å². The van der Waals surface area contributed by atoms with E-state index in [9.17, 15) is 4.79 Å². The molecule has 0 fully saturated rings. The third-order valence-corrected chi connectivity index (χ3v) is 2.61. The second-order valence-corrected chi connectivity index (χ2v) is 3.52. The fourth-order valence-corrected chi connectivity index (χ4v) is 1.66. The van der Waals surface area contributed by atoms with E-state index in [1.807, 2.05) is 6.26 Å². The van der Waals surface area contributed by atoms with Crippen LogP contribution >= 0.6 is 23.4 Å². The van der Waals surface area contributed by atoms with Gasteiger partial charge < -0.3 is 4.74 Å². The zero-order valence-corrected chi connectivity index (χ0v) is 7.83. The Morgan fingerprint density at radius 1 is 1.70 bits per heavy atom. The molecule has 60 valence electrons. The van der Waals surface area contributed by atoms with Gasteiger partial charge in [0.15, 0.2) is 0 Å². The summed E-state index contributed by atoms with van der Waals surface area (Å²) in [5, 5.41) is -0.422. The number of alkyl halides is 1. The Labute approximate surface area is 70.3 Å². The number of esters is 1. The van der Waals surface area contributed by atoms with E-state index in [0.29, 0.717) is 0 Å². The van der Waals surface area contributed by atoms with E-state index in [0.717, 1.165) is 0 Å². The lowest BCUT2D eigenvalue weighted by atomic mass is 10.3. The Hall–Kier alpha value is 0.110. The van der Waals surface area contributed by atoms with Gasteiger partial charge in [-0.1, -0.05) is 0 Å². The molecule has 0 aromatic carbocycles. The summed E-state index contributed by atoms with van der Waals surface area (Å²) in [5.41, 5.74) is 0. The summed E-state index contributed by atoms with van der Waals surface area (Å²) < 4.78 is 4.52. The molecule has 4 heteroatoms. The van der Waals surface area contributed by atoms with E-state index < -0.39 is 0 Å². The van der Waals surface area contributed by atoms with Gasteiger partial charge in [-0.05, 0) is 13.2 Å². The van der Waals surface area contributed by atoms with Gasteiger partial charge in [-0.25, -0.2) is 0 Å². The molecule has 0 amide bonds. The van der Waals surface area contributed by atoms with Crippen molar-refractivity contribution in [3.8, 4) is 0 Å². The Bertz CT molecular complexity index is 116. The first-order valence-electron chi connectivity index (χ1n) is 2.88. The zero-order valence-electron chi connectivity index (χ0n) is 6.26. The highest BCUT2D eigenvalue weighted by Crippen LogP contribution is 2.16. The quantitative estimate of drug-likeness (QED) is 0.489. The van der Waals surface area contributed by atoms with Gasteiger partial charge >= 0.3 is 5.97 Å². The molecule has 2 nitrogen and oxygen atoms in total. The van der Waals surface area contributed by atoms with Crippen LogP contribution in [0.3, 0.4) is 0 Å². The molecule has 0 aromatic heterocycles. The highest BCUT2D eigenvalue weighted by Gasteiger charge is 2.22. The summed E-state index contributed by atoms with van der Waals surface area (Å²) in [6.45, 7) is 1.78. The smallest absolute Gasteiger partial charge is 0.320 e. The number of methoxy groups -OCH3 is 1. The standard InChI is InChI=1S/C6H11ClO2S/c1-4(7)5(10-3)6(8)9-2/h4-5H,1-3H3/t4-,5-/m1/s1. The van der Waals surface area contributed by atoms with Crippen LogP contribution in [0.2, 0.25) is 0 Å². The lowest BCUT2D eigenvalue weighted by Crippen LogP contribution is -2.26. The molecule has 0 aliphatic carbocycles. The Morgan fingerprint density at radius 3 is 2.30 bits per heavy atom. The summed E-state index contributed by atoms with van der Waals surface area (Å²) in [7, 11) is 1.37. The summed E-state index contributed by atoms with van der Waals surface area (Å²) >= 11 is 7.10. The lowest BCUT2D eigenvalue weighted by molar-refractivity contribution is -0.139. The van der Waals surface area contributed by atoms with Crippen molar-refractivity contribution in [3.63, 3.8) is 0 Å². The van der Waals surface area contributed by atoms with Crippen molar-refractivity contribution in [1.29, 1.82) is 0 Å². The minimum absolute atomic E-state index is 0.178. The molecule has 0 saturated carbocycles. The van der Waals surface area contributed by atoms with Crippen LogP contribution in [0.5, 0.6) is 0 Å². The van der Waals surface area contributed by atoms with E-state index in [1.54, 1.807) is 6.92 Å². The Kier molecular flexibility index (Phi) is 4.91. The summed E-state index contributed by atoms with van der Waals surface area (Å²) in [6.07, 6.45) is 1.83. The highest BCUT2D eigenvalue weighted by atomic mass is 35.5. The van der Waals surface area contributed by atoms with Gasteiger partial charge in [0.05, 0.1) is 12.5 Å². The predicted molar refractivity (Wildman–Crippen MR) is 44.6 cm³/mol. The van der Waals surface area contributed by atoms with Crippen LogP contribution in [-0.2, 0) is 9.53 Å². The van der Waals surface area contributed by atoms with Gasteiger partial charge in [0.2, 0.25) is 0 Å². The average Bonchev–Trinajstić information content (AvgIpc) is 1.88. The van der Waals surface area contributed by atoms with Gasteiger partial charge in [0, 0.05) is 0 Å². The molecule has 0 aliphatic rings. The summed E-state index contributed by atoms with van der Waals surface area (Å²) in [6, 6.07) is 0. The van der Waals surface area contributed by atoms with E-state index in [2.05, 4.69) is 4.74 Å². The van der Waals surface area contributed by atoms with Crippen molar-refractivity contribution >= 4 is 29.3 Å². The minimum atomic E-state index is -0.255. The normalized spacial score (nSPS) is 16.0. The molecule has 0 heterocycles. The molecule has 0 saturated heterocycles. The van der Waals surface area contributed by atoms with Gasteiger partial charge in [0.25, 0.3) is 0 Å². The fourth-order valence-electron chi connectivity index (χ4n) is 0.587. The van der Waals surface area contributed by atoms with E-state index in [-0.39, 0.29) is 16.6 Å². The molecule has 0 radical (unpaired) electrons. The number of rotatable bonds is 3. The zero-order chi connectivity index (χ0) is 8.15. The van der Waals surface area contributed by atoms with Crippen molar-refractivity contribution in [2.24, 2.45) is 0 Å². The monoisotopic (exact) mass is 182 g/mol. The van der Waals surface area contributed by atoms with Crippen LogP contribution in [0.4, 0.5) is 0 Å². The lowest BCUT2D eigenvalue weighted by Gasteiger charge is -2.12. The number of carbonyl (C=O) groups is 1. The number of hydrogen-bond acceptors (Lipinski definition) is 3. The molecule has 0 unspecified atom stereocenters. The molecule has 0 N–H and O–H groups in total. The molecule has 0 spiro atoms. The number of ether oxygens (including phenoxy) is 1. The Morgan fingerprint density at radius 2 is 2.20 bits per heavy atom. The third kappa shape index (κ3) is 2.80. The second kappa shape index (κ2) is 4.85. The Balaban J connectivity index is 3.93. The van der Waals surface area contributed by atoms with Crippen LogP contribution < -0.4 is 0 Å². The predicted octanol–water partition coefficient (Wildman–Crippen LogP) is 1.52. The summed E-state index contributed by atoms with van der Waals surface area (Å²) in [4.78, 5) is 10.9. The number of thioether (sulfide) groups is 1. The molecule has 2 atom stereocenters. The van der Waals surface area contributed by atoms with Gasteiger partial charge in [-0.3, -0.25) is 4.79 Å². The molecule has 10 heavy (non-hydrogen) atoms. The fraction of sp³-hybridized carbons (Fsp3) is 0.833. The van der Waals surface area contributed by atoms with Crippen molar-refractivity contribution < 1.29 is 9.53 Å². The highest BCUT2D eigenvalue weighted by molar-refractivity contribution is 8.00. The maximum Gasteiger partial charge on any atom is 0.320 e. The maximum absolute atomic E-state index is 10.9. The summed E-state index contributed by atoms with van der Waals surface area (Å²) in [5.74, 6) is -0.255. The van der Waals surface area contributed by atoms with Crippen LogP contribution in [0.1, 0.15) is 6.92 Å². The second-order valence-electron chi connectivity index (χ2n) is 1.86. The first-order chi connectivity index (χ1) is 4.63. The average molecular weight is 183 g/mol. The van der Waals surface area contributed by atoms with E-state index in [4.69, 9.17) is 11.6 Å². The van der Waals surface area contributed by atoms with Gasteiger partial charge in [-0.15, -0.1) is 23.4 Å². The van der Waals surface area contributed by atoms with Gasteiger partial charge in [0.1, 0.15) is 5.25 Å². The van der Waals surface area contributed by atoms with Crippen LogP contribution in [0.15, 0.2) is 0 Å². The molecular formula is C6H11ClO2S. The van der Waals surface area contributed by atoms with Crippen LogP contribution in [-0.4, -0.2) is 30.0 Å². The van der Waals surface area contributed by atoms with Crippen molar-refractivity contribution in [3.05, 3.63) is 0 Å². The maximum atomic E-state index is 10.9. The van der Waals surface area contributed by atoms with Crippen molar-refractivity contribution in [2.75, 3.05) is 13.4 Å². The van der Waals surface area contributed by atoms with Gasteiger partial charge in [-0.2, -0.15) is 0 Å². The number of carbonyl (C=O) groups excluding carboxylic acids is 1. The number of halogens is 1. The van der Waals surface area contributed by atoms with E-state index in [1.165, 1.54) is 18.9 Å². The first-order valence-corrected chi connectivity index (χ1v) is 4.60. The SMILES string of the molecule is COC(=O)[C@H](SC)[C@@H](C)Cl. The molecule has 0 bridgehead atoms. The topological polar surface area (TPSA) is 26.3 Å². The van der Waals surface area contributed by atoms with Crippen LogP contribution in [0.25, 0.3) is 0 Å². The van der Waals surface area contributed by atoms with Crippen molar-refractivity contribution in [2.45, 2.75) is 17.6 Å². The number of hydrogen-bond donors (Lipinski definition) is 0. The van der Waals surface area contributed by atoms with Crippen molar-refractivity contribution in [1.82, 2.24) is 0 Å². The van der Waals surface area contributed by atoms with Crippen LogP contribution in [0, 0.1) is 0 Å². The molecule has 0 aromatic rings. The molecule has 0 aliphatic heterocycles. The largest absolute Gasteiger partial charge is 0.468 e. The molecule has 0 rings (SSSR count). The molecular weight excluding hydrogens is 172 g/mol. The third-order valence-electron chi connectivity index (χ3n) is 1.10. The minimum Gasteiger partial charge on any atom is -0.468 e. The first kappa shape index (κ1) is 10.1.